The Morgan fingerprint density at radius 3 is 2.57 bits per heavy atom. The van der Waals surface area contributed by atoms with Crippen LogP contribution in [-0.2, 0) is 26.2 Å². The van der Waals surface area contributed by atoms with Gasteiger partial charge in [0, 0.05) is 19.6 Å². The maximum Gasteiger partial charge on any atom is 0.273 e. The van der Waals surface area contributed by atoms with E-state index in [1.165, 1.54) is 17.4 Å². The number of carbonyl (C=O) groups excluding carboxylic acids is 1. The van der Waals surface area contributed by atoms with Gasteiger partial charge in [-0.15, -0.1) is 0 Å². The summed E-state index contributed by atoms with van der Waals surface area (Å²) in [7, 11) is 0. The Morgan fingerprint density at radius 1 is 0.914 bits per heavy atom. The van der Waals surface area contributed by atoms with Crippen molar-refractivity contribution in [2.75, 3.05) is 6.79 Å². The molecule has 178 valence electrons. The van der Waals surface area contributed by atoms with Gasteiger partial charge in [0.05, 0.1) is 6.54 Å². The molecule has 3 aromatic carbocycles. The summed E-state index contributed by atoms with van der Waals surface area (Å²) in [4.78, 5) is 19.3. The number of amides is 1. The van der Waals surface area contributed by atoms with Gasteiger partial charge >= 0.3 is 0 Å². The highest BCUT2D eigenvalue weighted by Crippen LogP contribution is 2.33. The fraction of sp³-hybridized carbons (Fsp3) is 0.214. The Balaban J connectivity index is 1.29. The molecule has 0 saturated carbocycles. The standard InChI is InChI=1S/C28H27N3O4/c1-20-7-5-6-10-23(20)16-31(15-22-11-12-25-26(13-22)35-19-34-25)17-27-30-24(18-33-27)28(32)29-14-21-8-3-2-4-9-21/h2-13,18H,14-17,19H2,1H3,(H,29,32). The lowest BCUT2D eigenvalue weighted by molar-refractivity contribution is 0.0945. The van der Waals surface area contributed by atoms with Crippen LogP contribution >= 0.6 is 0 Å². The Labute approximate surface area is 204 Å². The van der Waals surface area contributed by atoms with Gasteiger partial charge in [-0.3, -0.25) is 9.69 Å². The van der Waals surface area contributed by atoms with Gasteiger partial charge < -0.3 is 19.2 Å². The molecule has 1 aromatic heterocycles. The van der Waals surface area contributed by atoms with Crippen LogP contribution in [0, 0.1) is 6.92 Å². The highest BCUT2D eigenvalue weighted by atomic mass is 16.7. The van der Waals surface area contributed by atoms with E-state index in [1.54, 1.807) is 0 Å². The maximum atomic E-state index is 12.6. The van der Waals surface area contributed by atoms with Crippen LogP contribution in [0.5, 0.6) is 11.5 Å². The molecule has 7 nitrogen and oxygen atoms in total. The van der Waals surface area contributed by atoms with Gasteiger partial charge in [0.25, 0.3) is 5.91 Å². The molecular weight excluding hydrogens is 442 g/mol. The van der Waals surface area contributed by atoms with Crippen molar-refractivity contribution < 1.29 is 18.7 Å². The van der Waals surface area contributed by atoms with E-state index in [9.17, 15) is 4.79 Å². The number of ether oxygens (including phenoxy) is 2. The van der Waals surface area contributed by atoms with E-state index in [0.29, 0.717) is 32.1 Å². The van der Waals surface area contributed by atoms with Gasteiger partial charge in [-0.2, -0.15) is 0 Å². The average molecular weight is 470 g/mol. The summed E-state index contributed by atoms with van der Waals surface area (Å²) in [5, 5.41) is 2.89. The molecule has 7 heteroatoms. The van der Waals surface area contributed by atoms with Gasteiger partial charge in [0.15, 0.2) is 17.2 Å². The number of carbonyl (C=O) groups is 1. The number of oxazole rings is 1. The molecule has 4 aromatic rings. The van der Waals surface area contributed by atoms with Gasteiger partial charge in [0.1, 0.15) is 6.26 Å². The zero-order valence-electron chi connectivity index (χ0n) is 19.6. The summed E-state index contributed by atoms with van der Waals surface area (Å²) < 4.78 is 16.7. The van der Waals surface area contributed by atoms with Crippen LogP contribution < -0.4 is 14.8 Å². The van der Waals surface area contributed by atoms with Crippen LogP contribution in [0.4, 0.5) is 0 Å². The van der Waals surface area contributed by atoms with Crippen molar-refractivity contribution in [3.05, 3.63) is 113 Å². The van der Waals surface area contributed by atoms with Gasteiger partial charge in [-0.05, 0) is 41.3 Å². The molecule has 5 rings (SSSR count). The van der Waals surface area contributed by atoms with Gasteiger partial charge in [-0.1, -0.05) is 60.7 Å². The lowest BCUT2D eigenvalue weighted by atomic mass is 10.1. The van der Waals surface area contributed by atoms with Crippen molar-refractivity contribution in [1.82, 2.24) is 15.2 Å². The van der Waals surface area contributed by atoms with Crippen LogP contribution in [0.1, 0.15) is 38.6 Å². The number of nitrogens with zero attached hydrogens (tertiary/aromatic N) is 2. The summed E-state index contributed by atoms with van der Waals surface area (Å²) in [6, 6.07) is 24.1. The highest BCUT2D eigenvalue weighted by molar-refractivity contribution is 5.91. The van der Waals surface area contributed by atoms with Crippen molar-refractivity contribution >= 4 is 5.91 Å². The zero-order valence-corrected chi connectivity index (χ0v) is 19.6. The third-order valence-electron chi connectivity index (χ3n) is 5.94. The molecule has 0 unspecified atom stereocenters. The van der Waals surface area contributed by atoms with E-state index in [4.69, 9.17) is 13.9 Å². The smallest absolute Gasteiger partial charge is 0.273 e. The molecule has 35 heavy (non-hydrogen) atoms. The van der Waals surface area contributed by atoms with Crippen LogP contribution in [0.15, 0.2) is 83.5 Å². The second-order valence-corrected chi connectivity index (χ2v) is 8.55. The van der Waals surface area contributed by atoms with Crippen molar-refractivity contribution in [3.8, 4) is 11.5 Å². The van der Waals surface area contributed by atoms with Crippen LogP contribution in [0.3, 0.4) is 0 Å². The fourth-order valence-corrected chi connectivity index (χ4v) is 4.04. The summed E-state index contributed by atoms with van der Waals surface area (Å²) >= 11 is 0. The average Bonchev–Trinajstić information content (AvgIpc) is 3.54. The number of aromatic nitrogens is 1. The van der Waals surface area contributed by atoms with E-state index in [0.717, 1.165) is 22.6 Å². The first kappa shape index (κ1) is 22.7. The number of hydrogen-bond donors (Lipinski definition) is 1. The number of hydrogen-bond acceptors (Lipinski definition) is 6. The van der Waals surface area contributed by atoms with Gasteiger partial charge in [0.2, 0.25) is 12.7 Å². The van der Waals surface area contributed by atoms with Crippen LogP contribution in [0.2, 0.25) is 0 Å². The molecule has 0 saturated heterocycles. The van der Waals surface area contributed by atoms with Crippen molar-refractivity contribution in [1.29, 1.82) is 0 Å². The predicted molar refractivity (Wildman–Crippen MR) is 131 cm³/mol. The molecule has 1 amide bonds. The SMILES string of the molecule is Cc1ccccc1CN(Cc1ccc2c(c1)OCO2)Cc1nc(C(=O)NCc2ccccc2)co1. The van der Waals surface area contributed by atoms with Gasteiger partial charge in [-0.25, -0.2) is 4.98 Å². The largest absolute Gasteiger partial charge is 0.454 e. The van der Waals surface area contributed by atoms with Crippen molar-refractivity contribution in [2.45, 2.75) is 33.1 Å². The molecule has 0 aliphatic carbocycles. The van der Waals surface area contributed by atoms with Crippen molar-refractivity contribution in [2.24, 2.45) is 0 Å². The van der Waals surface area contributed by atoms with E-state index < -0.39 is 0 Å². The number of benzene rings is 3. The Kier molecular flexibility index (Phi) is 6.77. The molecule has 0 radical (unpaired) electrons. The van der Waals surface area contributed by atoms with E-state index in [1.807, 2.05) is 60.7 Å². The lowest BCUT2D eigenvalue weighted by Gasteiger charge is -2.22. The summed E-state index contributed by atoms with van der Waals surface area (Å²) in [6.07, 6.45) is 1.42. The third kappa shape index (κ3) is 5.70. The minimum absolute atomic E-state index is 0.247. The predicted octanol–water partition coefficient (Wildman–Crippen LogP) is 4.84. The topological polar surface area (TPSA) is 76.8 Å². The number of fused-ring (bicyclic) bond motifs is 1. The summed E-state index contributed by atoms with van der Waals surface area (Å²) in [5.41, 5.74) is 4.83. The molecule has 1 N–H and O–H groups in total. The first-order chi connectivity index (χ1) is 17.1. The number of nitrogens with one attached hydrogen (secondary N) is 1. The van der Waals surface area contributed by atoms with Crippen LogP contribution in [0.25, 0.3) is 0 Å². The normalized spacial score (nSPS) is 12.2. The minimum Gasteiger partial charge on any atom is -0.454 e. The molecule has 0 spiro atoms. The first-order valence-electron chi connectivity index (χ1n) is 11.6. The molecule has 1 aliphatic rings. The Morgan fingerprint density at radius 2 is 1.71 bits per heavy atom. The summed E-state index contributed by atoms with van der Waals surface area (Å²) in [5.74, 6) is 1.75. The number of aryl methyl sites for hydroxylation is 1. The first-order valence-corrected chi connectivity index (χ1v) is 11.6. The lowest BCUT2D eigenvalue weighted by Crippen LogP contribution is -2.24. The summed E-state index contributed by atoms with van der Waals surface area (Å²) in [6.45, 7) is 4.60. The van der Waals surface area contributed by atoms with E-state index in [2.05, 4.69) is 34.3 Å². The second kappa shape index (κ2) is 10.4. The van der Waals surface area contributed by atoms with E-state index in [-0.39, 0.29) is 18.4 Å². The molecule has 0 atom stereocenters. The van der Waals surface area contributed by atoms with Crippen molar-refractivity contribution in [3.63, 3.8) is 0 Å². The van der Waals surface area contributed by atoms with E-state index >= 15 is 0 Å². The molecular formula is C28H27N3O4. The molecule has 2 heterocycles. The monoisotopic (exact) mass is 469 g/mol. The molecule has 0 bridgehead atoms. The fourth-order valence-electron chi connectivity index (χ4n) is 4.04. The zero-order chi connectivity index (χ0) is 24.0. The molecule has 0 fully saturated rings. The second-order valence-electron chi connectivity index (χ2n) is 8.55. The number of rotatable bonds is 9. The molecule has 1 aliphatic heterocycles. The third-order valence-corrected chi connectivity index (χ3v) is 5.94. The van der Waals surface area contributed by atoms with Crippen LogP contribution in [-0.4, -0.2) is 22.6 Å². The highest BCUT2D eigenvalue weighted by Gasteiger charge is 2.18. The minimum atomic E-state index is -0.259. The quantitative estimate of drug-likeness (QED) is 0.378. The maximum absolute atomic E-state index is 12.6. The Hall–Kier alpha value is -4.10. The Bertz CT molecular complexity index is 1300.